The number of ether oxygens (including phenoxy) is 1. The molecule has 0 fully saturated rings. The maximum Gasteiger partial charge on any atom is 0.352 e. The Labute approximate surface area is 177 Å². The summed E-state index contributed by atoms with van der Waals surface area (Å²) in [5.74, 6) is -1.59. The normalized spacial score (nSPS) is 12.7. The molecule has 148 valence electrons. The summed E-state index contributed by atoms with van der Waals surface area (Å²) in [5.41, 5.74) is -0.925. The third kappa shape index (κ3) is 4.53. The second kappa shape index (κ2) is 8.55. The number of hydrogen-bond acceptors (Lipinski definition) is 3. The predicted octanol–water partition coefficient (Wildman–Crippen LogP) is 5.62. The first-order valence-corrected chi connectivity index (χ1v) is 9.40. The van der Waals surface area contributed by atoms with Crippen LogP contribution in [0.5, 0.6) is 5.75 Å². The Balaban J connectivity index is 2.01. The van der Waals surface area contributed by atoms with E-state index < -0.39 is 17.5 Å². The van der Waals surface area contributed by atoms with Gasteiger partial charge in [0.1, 0.15) is 5.75 Å². The maximum absolute atomic E-state index is 12.9. The van der Waals surface area contributed by atoms with Crippen LogP contribution >= 0.6 is 23.2 Å². The fourth-order valence-electron chi connectivity index (χ4n) is 2.81. The Kier molecular flexibility index (Phi) is 6.11. The molecular formula is C22H17Cl2NO4. The number of amides is 1. The first-order valence-electron chi connectivity index (χ1n) is 8.64. The summed E-state index contributed by atoms with van der Waals surface area (Å²) < 4.78 is 5.81. The van der Waals surface area contributed by atoms with Gasteiger partial charge in [0, 0.05) is 21.8 Å². The van der Waals surface area contributed by atoms with Crippen LogP contribution in [-0.2, 0) is 10.4 Å². The van der Waals surface area contributed by atoms with Crippen molar-refractivity contribution in [3.8, 4) is 5.75 Å². The molecule has 0 spiro atoms. The molecule has 0 aromatic heterocycles. The molecule has 2 N–H and O–H groups in total. The Morgan fingerprint density at radius 2 is 1.62 bits per heavy atom. The van der Waals surface area contributed by atoms with Gasteiger partial charge in [0.2, 0.25) is 5.60 Å². The summed E-state index contributed by atoms with van der Waals surface area (Å²) in [7, 11) is 0. The zero-order valence-electron chi connectivity index (χ0n) is 15.4. The lowest BCUT2D eigenvalue weighted by atomic mass is 9.90. The third-order valence-electron chi connectivity index (χ3n) is 4.33. The topological polar surface area (TPSA) is 75.6 Å². The first-order chi connectivity index (χ1) is 13.8. The van der Waals surface area contributed by atoms with Crippen LogP contribution in [0, 0.1) is 0 Å². The Hall–Kier alpha value is -3.02. The van der Waals surface area contributed by atoms with Gasteiger partial charge in [-0.05, 0) is 43.3 Å². The standard InChI is InChI=1S/C22H17Cl2NO4/c1-22(21(27)28,29-19-12-11-14(23)13-18(19)24)17-10-6-5-9-16(17)20(26)25-15-7-3-2-4-8-15/h2-13H,1H3,(H,25,26)(H,27,28). The molecule has 0 saturated heterocycles. The summed E-state index contributed by atoms with van der Waals surface area (Å²) in [6.45, 7) is 1.37. The van der Waals surface area contributed by atoms with Gasteiger partial charge in [-0.25, -0.2) is 4.79 Å². The fraction of sp³-hybridized carbons (Fsp3) is 0.0909. The second-order valence-electron chi connectivity index (χ2n) is 6.38. The van der Waals surface area contributed by atoms with Crippen molar-refractivity contribution in [1.29, 1.82) is 0 Å². The van der Waals surface area contributed by atoms with E-state index in [2.05, 4.69) is 5.32 Å². The molecule has 3 aromatic carbocycles. The maximum atomic E-state index is 12.9. The van der Waals surface area contributed by atoms with Crippen LogP contribution in [0.25, 0.3) is 0 Å². The zero-order chi connectivity index (χ0) is 21.0. The molecule has 0 aliphatic heterocycles. The van der Waals surface area contributed by atoms with Gasteiger partial charge in [-0.15, -0.1) is 0 Å². The van der Waals surface area contributed by atoms with Crippen molar-refractivity contribution in [3.05, 3.63) is 94.0 Å². The minimum atomic E-state index is -1.87. The molecule has 1 atom stereocenters. The van der Waals surface area contributed by atoms with Crippen molar-refractivity contribution in [1.82, 2.24) is 0 Å². The minimum absolute atomic E-state index is 0.138. The molecular weight excluding hydrogens is 413 g/mol. The zero-order valence-corrected chi connectivity index (χ0v) is 16.9. The number of rotatable bonds is 6. The van der Waals surface area contributed by atoms with Gasteiger partial charge in [0.05, 0.1) is 5.02 Å². The number of benzene rings is 3. The van der Waals surface area contributed by atoms with Crippen LogP contribution in [0.15, 0.2) is 72.8 Å². The van der Waals surface area contributed by atoms with Crippen LogP contribution in [0.4, 0.5) is 5.69 Å². The van der Waals surface area contributed by atoms with Gasteiger partial charge in [0.25, 0.3) is 5.91 Å². The lowest BCUT2D eigenvalue weighted by Crippen LogP contribution is -2.40. The van der Waals surface area contributed by atoms with Crippen molar-refractivity contribution in [2.75, 3.05) is 5.32 Å². The number of carboxylic acids is 1. The smallest absolute Gasteiger partial charge is 0.352 e. The van der Waals surface area contributed by atoms with Crippen LogP contribution in [0.2, 0.25) is 10.0 Å². The summed E-state index contributed by atoms with van der Waals surface area (Å²) in [5, 5.41) is 13.3. The Morgan fingerprint density at radius 1 is 0.966 bits per heavy atom. The average Bonchev–Trinajstić information content (AvgIpc) is 2.70. The van der Waals surface area contributed by atoms with E-state index in [-0.39, 0.29) is 21.9 Å². The number of aliphatic carboxylic acids is 1. The van der Waals surface area contributed by atoms with Crippen molar-refractivity contribution in [2.24, 2.45) is 0 Å². The summed E-state index contributed by atoms with van der Waals surface area (Å²) in [6.07, 6.45) is 0. The van der Waals surface area contributed by atoms with E-state index in [0.29, 0.717) is 10.7 Å². The summed E-state index contributed by atoms with van der Waals surface area (Å²) in [6, 6.07) is 19.7. The van der Waals surface area contributed by atoms with Gasteiger partial charge in [0.15, 0.2) is 0 Å². The predicted molar refractivity (Wildman–Crippen MR) is 113 cm³/mol. The Bertz CT molecular complexity index is 1060. The monoisotopic (exact) mass is 429 g/mol. The highest BCUT2D eigenvalue weighted by Gasteiger charge is 2.41. The van der Waals surface area contributed by atoms with E-state index in [9.17, 15) is 14.7 Å². The van der Waals surface area contributed by atoms with Crippen molar-refractivity contribution in [2.45, 2.75) is 12.5 Å². The molecule has 3 rings (SSSR count). The Morgan fingerprint density at radius 3 is 2.28 bits per heavy atom. The van der Waals surface area contributed by atoms with Gasteiger partial charge < -0.3 is 15.2 Å². The average molecular weight is 430 g/mol. The molecule has 29 heavy (non-hydrogen) atoms. The van der Waals surface area contributed by atoms with E-state index in [1.807, 2.05) is 6.07 Å². The highest BCUT2D eigenvalue weighted by molar-refractivity contribution is 6.35. The van der Waals surface area contributed by atoms with E-state index in [0.717, 1.165) is 0 Å². The van der Waals surface area contributed by atoms with Gasteiger partial charge in [-0.1, -0.05) is 59.6 Å². The SMILES string of the molecule is CC(Oc1ccc(Cl)cc1Cl)(C(=O)O)c1ccccc1C(=O)Nc1ccccc1. The number of halogens is 2. The lowest BCUT2D eigenvalue weighted by Gasteiger charge is -2.29. The van der Waals surface area contributed by atoms with Crippen LogP contribution < -0.4 is 10.1 Å². The number of anilines is 1. The molecule has 7 heteroatoms. The highest BCUT2D eigenvalue weighted by atomic mass is 35.5. The van der Waals surface area contributed by atoms with Crippen LogP contribution in [0.1, 0.15) is 22.8 Å². The number of carboxylic acid groups (broad SMARTS) is 1. The number of hydrogen-bond donors (Lipinski definition) is 2. The molecule has 0 heterocycles. The van der Waals surface area contributed by atoms with E-state index in [1.165, 1.54) is 25.1 Å². The molecule has 1 amide bonds. The van der Waals surface area contributed by atoms with Crippen molar-refractivity contribution < 1.29 is 19.4 Å². The van der Waals surface area contributed by atoms with Crippen LogP contribution in [-0.4, -0.2) is 17.0 Å². The molecule has 0 aliphatic rings. The molecule has 0 radical (unpaired) electrons. The number of nitrogens with one attached hydrogen (secondary N) is 1. The molecule has 0 saturated carbocycles. The molecule has 5 nitrogen and oxygen atoms in total. The minimum Gasteiger partial charge on any atom is -0.478 e. The first kappa shape index (κ1) is 20.7. The van der Waals surface area contributed by atoms with E-state index in [1.54, 1.807) is 48.5 Å². The number of carbonyl (C=O) groups is 2. The largest absolute Gasteiger partial charge is 0.478 e. The highest BCUT2D eigenvalue weighted by Crippen LogP contribution is 2.36. The van der Waals surface area contributed by atoms with Gasteiger partial charge in [-0.2, -0.15) is 0 Å². The summed E-state index contributed by atoms with van der Waals surface area (Å²) in [4.78, 5) is 25.1. The van der Waals surface area contributed by atoms with Crippen molar-refractivity contribution in [3.63, 3.8) is 0 Å². The number of para-hydroxylation sites is 1. The second-order valence-corrected chi connectivity index (χ2v) is 7.22. The van der Waals surface area contributed by atoms with Gasteiger partial charge in [-0.3, -0.25) is 4.79 Å². The summed E-state index contributed by atoms with van der Waals surface area (Å²) >= 11 is 12.1. The van der Waals surface area contributed by atoms with E-state index in [4.69, 9.17) is 27.9 Å². The van der Waals surface area contributed by atoms with E-state index >= 15 is 0 Å². The fourth-order valence-corrected chi connectivity index (χ4v) is 3.26. The number of carbonyl (C=O) groups excluding carboxylic acids is 1. The van der Waals surface area contributed by atoms with Gasteiger partial charge >= 0.3 is 5.97 Å². The quantitative estimate of drug-likeness (QED) is 0.532. The molecule has 0 aliphatic carbocycles. The molecule has 3 aromatic rings. The third-order valence-corrected chi connectivity index (χ3v) is 4.86. The van der Waals surface area contributed by atoms with Crippen LogP contribution in [0.3, 0.4) is 0 Å². The molecule has 0 bridgehead atoms. The molecule has 1 unspecified atom stereocenters. The van der Waals surface area contributed by atoms with Crippen molar-refractivity contribution >= 4 is 40.8 Å². The lowest BCUT2D eigenvalue weighted by molar-refractivity contribution is -0.154.